The van der Waals surface area contributed by atoms with Gasteiger partial charge in [0.1, 0.15) is 12.6 Å². The van der Waals surface area contributed by atoms with Crippen LogP contribution in [0, 0.1) is 40.5 Å². The van der Waals surface area contributed by atoms with Crippen molar-refractivity contribution in [2.24, 2.45) is 0 Å². The highest BCUT2D eigenvalue weighted by molar-refractivity contribution is 4.95. The molecule has 3 unspecified atom stereocenters. The molecule has 0 spiro atoms. The maximum Gasteiger partial charge on any atom is 0.243 e. The molecule has 2 heterocycles. The zero-order chi connectivity index (χ0) is 16.6. The first kappa shape index (κ1) is 15.4. The van der Waals surface area contributed by atoms with Crippen LogP contribution in [-0.4, -0.2) is 72.9 Å². The van der Waals surface area contributed by atoms with Crippen LogP contribution in [0.15, 0.2) is 0 Å². The minimum atomic E-state index is -1.42. The molecule has 22 heavy (non-hydrogen) atoms. The van der Waals surface area contributed by atoms with Crippen LogP contribution in [0.3, 0.4) is 0 Å². The van der Waals surface area contributed by atoms with Gasteiger partial charge in [0.15, 0.2) is 21.1 Å². The van der Waals surface area contributed by atoms with E-state index in [9.17, 15) is 40.5 Å². The Kier molecular flexibility index (Phi) is 3.79. The Hall–Kier alpha value is -3.00. The van der Waals surface area contributed by atoms with Crippen molar-refractivity contribution in [1.82, 2.24) is 15.0 Å². The molecule has 0 radical (unpaired) electrons. The second kappa shape index (κ2) is 5.41. The van der Waals surface area contributed by atoms with Crippen LogP contribution >= 0.6 is 0 Å². The topological polar surface area (TPSA) is 182 Å². The lowest BCUT2D eigenvalue weighted by atomic mass is 10.0. The molecular formula is C7H11N7O8. The Bertz CT molecular complexity index is 505. The third-order valence-corrected chi connectivity index (χ3v) is 3.80. The van der Waals surface area contributed by atoms with E-state index >= 15 is 0 Å². The summed E-state index contributed by atoms with van der Waals surface area (Å²) in [7, 11) is 0. The van der Waals surface area contributed by atoms with E-state index in [1.165, 1.54) is 0 Å². The van der Waals surface area contributed by atoms with Gasteiger partial charge >= 0.3 is 0 Å². The van der Waals surface area contributed by atoms with E-state index in [0.717, 1.165) is 0 Å². The van der Waals surface area contributed by atoms with Gasteiger partial charge in [0.2, 0.25) is 12.7 Å². The normalized spacial score (nSPS) is 28.0. The summed E-state index contributed by atoms with van der Waals surface area (Å²) in [6.45, 7) is -1.45. The fourth-order valence-corrected chi connectivity index (χ4v) is 2.87. The maximum atomic E-state index is 11.0. The zero-order valence-electron chi connectivity index (χ0n) is 11.0. The Balaban J connectivity index is 2.34. The van der Waals surface area contributed by atoms with Crippen molar-refractivity contribution < 1.29 is 20.0 Å². The summed E-state index contributed by atoms with van der Waals surface area (Å²) in [5.41, 5.74) is 0. The van der Waals surface area contributed by atoms with E-state index in [2.05, 4.69) is 0 Å². The third-order valence-electron chi connectivity index (χ3n) is 3.80. The van der Waals surface area contributed by atoms with Gasteiger partial charge in [-0.1, -0.05) is 5.01 Å². The number of hydrazine groups is 3. The molecule has 2 aliphatic rings. The zero-order valence-corrected chi connectivity index (χ0v) is 11.0. The standard InChI is InChI=1S/C7H11N7O8/c15-11(16)5-1-2-9(13(19)20)7(5)6-3-8(12(17)18)4-10(6)14(21)22/h5-7H,1-4H2. The van der Waals surface area contributed by atoms with E-state index < -0.39 is 51.4 Å². The SMILES string of the molecule is O=[N+]([O-])C1CCN([N+](=O)[O-])C1C1CN([N+](=O)[O-])CN1[N+](=O)[O-]. The van der Waals surface area contributed by atoms with Crippen LogP contribution in [-0.2, 0) is 0 Å². The quantitative estimate of drug-likeness (QED) is 0.412. The highest BCUT2D eigenvalue weighted by Gasteiger charge is 2.59. The van der Waals surface area contributed by atoms with E-state index in [-0.39, 0.29) is 13.0 Å². The summed E-state index contributed by atoms with van der Waals surface area (Å²) in [6, 6.07) is -4.14. The largest absolute Gasteiger partial charge is 0.264 e. The monoisotopic (exact) mass is 321 g/mol. The highest BCUT2D eigenvalue weighted by Crippen LogP contribution is 2.29. The van der Waals surface area contributed by atoms with Crippen molar-refractivity contribution >= 4 is 0 Å². The molecule has 0 aromatic rings. The summed E-state index contributed by atoms with van der Waals surface area (Å²) in [5, 5.41) is 42.7. The molecule has 15 heteroatoms. The van der Waals surface area contributed by atoms with Crippen molar-refractivity contribution in [2.45, 2.75) is 24.5 Å². The predicted molar refractivity (Wildman–Crippen MR) is 64.1 cm³/mol. The van der Waals surface area contributed by atoms with Gasteiger partial charge in [-0.05, 0) is 0 Å². The Morgan fingerprint density at radius 3 is 1.91 bits per heavy atom. The lowest BCUT2D eigenvalue weighted by Crippen LogP contribution is -2.56. The first-order chi connectivity index (χ1) is 10.2. The lowest BCUT2D eigenvalue weighted by Gasteiger charge is -2.24. The summed E-state index contributed by atoms with van der Waals surface area (Å²) >= 11 is 0. The molecule has 2 saturated heterocycles. The summed E-state index contributed by atoms with van der Waals surface area (Å²) in [5.74, 6) is 0. The van der Waals surface area contributed by atoms with E-state index in [4.69, 9.17) is 0 Å². The average Bonchev–Trinajstić information content (AvgIpc) is 3.02. The molecule has 0 amide bonds. The molecule has 2 rings (SSSR count). The van der Waals surface area contributed by atoms with E-state index in [0.29, 0.717) is 15.0 Å². The number of rotatable bonds is 5. The molecule has 0 aromatic heterocycles. The van der Waals surface area contributed by atoms with Gasteiger partial charge in [-0.15, -0.1) is 10.0 Å². The second-order valence-corrected chi connectivity index (χ2v) is 4.85. The molecule has 0 aliphatic carbocycles. The van der Waals surface area contributed by atoms with Crippen LogP contribution in [0.2, 0.25) is 0 Å². The highest BCUT2D eigenvalue weighted by atomic mass is 16.7. The van der Waals surface area contributed by atoms with E-state index in [1.54, 1.807) is 0 Å². The third kappa shape index (κ3) is 2.47. The molecule has 2 aliphatic heterocycles. The van der Waals surface area contributed by atoms with Gasteiger partial charge in [-0.25, -0.2) is 30.3 Å². The first-order valence-corrected chi connectivity index (χ1v) is 6.08. The van der Waals surface area contributed by atoms with Gasteiger partial charge in [0, 0.05) is 11.3 Å². The molecule has 15 nitrogen and oxygen atoms in total. The van der Waals surface area contributed by atoms with Gasteiger partial charge in [-0.3, -0.25) is 10.1 Å². The molecule has 2 fully saturated rings. The first-order valence-electron chi connectivity index (χ1n) is 6.08. The Morgan fingerprint density at radius 1 is 0.864 bits per heavy atom. The molecular weight excluding hydrogens is 310 g/mol. The van der Waals surface area contributed by atoms with Crippen LogP contribution in [0.5, 0.6) is 0 Å². The fourth-order valence-electron chi connectivity index (χ4n) is 2.87. The Labute approximate surface area is 121 Å². The lowest BCUT2D eigenvalue weighted by molar-refractivity contribution is -0.700. The number of nitrogens with zero attached hydrogens (tertiary/aromatic N) is 7. The number of nitro groups is 4. The fraction of sp³-hybridized carbons (Fsp3) is 1.00. The predicted octanol–water partition coefficient (Wildman–Crippen LogP) is -1.78. The smallest absolute Gasteiger partial charge is 0.243 e. The van der Waals surface area contributed by atoms with Gasteiger partial charge < -0.3 is 0 Å². The average molecular weight is 321 g/mol. The molecule has 0 bridgehead atoms. The van der Waals surface area contributed by atoms with Crippen molar-refractivity contribution in [1.29, 1.82) is 0 Å². The van der Waals surface area contributed by atoms with E-state index in [1.807, 2.05) is 0 Å². The number of hydrogen-bond donors (Lipinski definition) is 0. The minimum Gasteiger partial charge on any atom is -0.264 e. The van der Waals surface area contributed by atoms with Crippen molar-refractivity contribution in [3.63, 3.8) is 0 Å². The Morgan fingerprint density at radius 2 is 1.45 bits per heavy atom. The second-order valence-electron chi connectivity index (χ2n) is 4.85. The summed E-state index contributed by atoms with van der Waals surface area (Å²) in [6.07, 6.45) is -0.154. The molecule has 0 N–H and O–H groups in total. The molecule has 122 valence electrons. The van der Waals surface area contributed by atoms with Crippen LogP contribution in [0.25, 0.3) is 0 Å². The van der Waals surface area contributed by atoms with Gasteiger partial charge in [0.25, 0.3) is 0 Å². The van der Waals surface area contributed by atoms with Crippen LogP contribution in [0.4, 0.5) is 0 Å². The van der Waals surface area contributed by atoms with Crippen molar-refractivity contribution in [2.75, 3.05) is 19.8 Å². The van der Waals surface area contributed by atoms with Crippen molar-refractivity contribution in [3.8, 4) is 0 Å². The molecule has 0 saturated carbocycles. The van der Waals surface area contributed by atoms with Crippen molar-refractivity contribution in [3.05, 3.63) is 40.5 Å². The van der Waals surface area contributed by atoms with Crippen LogP contribution in [0.1, 0.15) is 6.42 Å². The van der Waals surface area contributed by atoms with Crippen LogP contribution < -0.4 is 0 Å². The molecule has 0 aromatic carbocycles. The number of hydrogen-bond acceptors (Lipinski definition) is 8. The summed E-state index contributed by atoms with van der Waals surface area (Å²) in [4.78, 5) is 43.1. The van der Waals surface area contributed by atoms with Gasteiger partial charge in [-0.2, -0.15) is 0 Å². The maximum absolute atomic E-state index is 11.0. The van der Waals surface area contributed by atoms with Gasteiger partial charge in [0.05, 0.1) is 6.54 Å². The summed E-state index contributed by atoms with van der Waals surface area (Å²) < 4.78 is 0. The molecule has 3 atom stereocenters. The minimum absolute atomic E-state index is 0.154.